The van der Waals surface area contributed by atoms with Crippen molar-refractivity contribution in [3.63, 3.8) is 0 Å². The average Bonchev–Trinajstić information content (AvgIpc) is 3.45. The van der Waals surface area contributed by atoms with Crippen molar-refractivity contribution in [2.75, 3.05) is 19.8 Å². The second-order valence-electron chi connectivity index (χ2n) is 6.16. The second-order valence-corrected chi connectivity index (χ2v) is 7.85. The van der Waals surface area contributed by atoms with Crippen LogP contribution in [0.2, 0.25) is 0 Å². The first-order chi connectivity index (χ1) is 13.8. The lowest BCUT2D eigenvalue weighted by atomic mass is 10.2. The number of aliphatic imine (C=N–C) groups is 1. The monoisotopic (exact) mass is 408 g/mol. The average molecular weight is 409 g/mol. The maximum absolute atomic E-state index is 4.67. The van der Waals surface area contributed by atoms with Crippen LogP contribution in [-0.2, 0) is 0 Å². The van der Waals surface area contributed by atoms with E-state index in [1.54, 1.807) is 11.3 Å². The molecule has 0 atom stereocenters. The fourth-order valence-electron chi connectivity index (χ4n) is 2.77. The van der Waals surface area contributed by atoms with E-state index >= 15 is 0 Å². The quantitative estimate of drug-likeness (QED) is 0.493. The van der Waals surface area contributed by atoms with Gasteiger partial charge < -0.3 is 10.6 Å². The number of benzene rings is 1. The zero-order valence-electron chi connectivity index (χ0n) is 15.3. The zero-order valence-corrected chi connectivity index (χ0v) is 16.9. The van der Waals surface area contributed by atoms with Crippen LogP contribution in [0.25, 0.3) is 32.9 Å². The van der Waals surface area contributed by atoms with E-state index in [4.69, 9.17) is 0 Å². The minimum Gasteiger partial charge on any atom is -0.304 e. The Morgan fingerprint density at radius 1 is 1.00 bits per heavy atom. The molecule has 0 saturated carbocycles. The highest BCUT2D eigenvalue weighted by Gasteiger charge is 2.10. The molecule has 0 aliphatic carbocycles. The smallest absolute Gasteiger partial charge is 0.209 e. The number of para-hydroxylation sites is 1. The number of hydrogen-bond donors (Lipinski definition) is 2. The van der Waals surface area contributed by atoms with Gasteiger partial charge in [0.15, 0.2) is 0 Å². The van der Waals surface area contributed by atoms with Crippen molar-refractivity contribution in [3.8, 4) is 22.0 Å². The number of fused-ring (bicyclic) bond motifs is 1. The third-order valence-corrected chi connectivity index (χ3v) is 5.85. The van der Waals surface area contributed by atoms with Crippen molar-refractivity contribution >= 4 is 45.4 Å². The summed E-state index contributed by atoms with van der Waals surface area (Å²) in [7, 11) is 0. The molecule has 0 unspecified atom stereocenters. The summed E-state index contributed by atoms with van der Waals surface area (Å²) in [6.07, 6.45) is 3.14. The lowest BCUT2D eigenvalue weighted by molar-refractivity contribution is 0.496. The predicted octanol–water partition coefficient (Wildman–Crippen LogP) is 4.34. The first-order valence-electron chi connectivity index (χ1n) is 8.98. The SMILES string of the molecule is C1CNCNC1.C=Nc1nc(-c2csc(-c3cnc4ccccc4c3)n2)cs1. The van der Waals surface area contributed by atoms with E-state index in [1.807, 2.05) is 35.2 Å². The summed E-state index contributed by atoms with van der Waals surface area (Å²) in [4.78, 5) is 17.4. The summed E-state index contributed by atoms with van der Waals surface area (Å²) in [6.45, 7) is 6.87. The molecular weight excluding hydrogens is 388 g/mol. The number of hydrogen-bond acceptors (Lipinski definition) is 8. The molecule has 1 saturated heterocycles. The normalized spacial score (nSPS) is 13.7. The molecule has 0 radical (unpaired) electrons. The first-order valence-corrected chi connectivity index (χ1v) is 10.7. The third kappa shape index (κ3) is 4.48. The largest absolute Gasteiger partial charge is 0.304 e. The first kappa shape index (κ1) is 18.8. The fourth-order valence-corrected chi connectivity index (χ4v) is 4.18. The van der Waals surface area contributed by atoms with Crippen LogP contribution in [-0.4, -0.2) is 41.4 Å². The number of aromatic nitrogens is 3. The molecule has 28 heavy (non-hydrogen) atoms. The Morgan fingerprint density at radius 3 is 2.50 bits per heavy atom. The molecule has 3 aromatic heterocycles. The zero-order chi connectivity index (χ0) is 19.2. The van der Waals surface area contributed by atoms with E-state index in [0.717, 1.165) is 39.5 Å². The van der Waals surface area contributed by atoms with Gasteiger partial charge >= 0.3 is 0 Å². The molecule has 5 rings (SSSR count). The fraction of sp³-hybridized carbons (Fsp3) is 0.200. The van der Waals surface area contributed by atoms with Gasteiger partial charge in [-0.15, -0.1) is 22.7 Å². The van der Waals surface area contributed by atoms with Crippen molar-refractivity contribution in [2.24, 2.45) is 4.99 Å². The van der Waals surface area contributed by atoms with E-state index in [0.29, 0.717) is 5.13 Å². The Balaban J connectivity index is 0.000000275. The van der Waals surface area contributed by atoms with Gasteiger partial charge in [0.2, 0.25) is 5.13 Å². The molecule has 1 fully saturated rings. The van der Waals surface area contributed by atoms with Crippen LogP contribution >= 0.6 is 22.7 Å². The summed E-state index contributed by atoms with van der Waals surface area (Å²) in [5.41, 5.74) is 3.71. The van der Waals surface area contributed by atoms with Crippen molar-refractivity contribution in [2.45, 2.75) is 6.42 Å². The standard InChI is InChI=1S/C16H10N4S2.C4H10N2/c1-17-16-20-14(9-22-16)13-8-21-15(19-13)11-6-10-4-2-3-5-12(10)18-7-11;1-2-5-4-6-3-1/h2-9H,1H2;5-6H,1-4H2. The summed E-state index contributed by atoms with van der Waals surface area (Å²) in [5, 5.41) is 13.0. The van der Waals surface area contributed by atoms with Crippen LogP contribution < -0.4 is 10.6 Å². The highest BCUT2D eigenvalue weighted by Crippen LogP contribution is 2.31. The van der Waals surface area contributed by atoms with E-state index in [2.05, 4.69) is 49.4 Å². The van der Waals surface area contributed by atoms with E-state index < -0.39 is 0 Å². The lowest BCUT2D eigenvalue weighted by Crippen LogP contribution is -2.37. The molecule has 0 spiro atoms. The molecule has 4 aromatic rings. The summed E-state index contributed by atoms with van der Waals surface area (Å²) in [5.74, 6) is 0. The molecule has 8 heteroatoms. The van der Waals surface area contributed by atoms with Crippen LogP contribution in [0.5, 0.6) is 0 Å². The van der Waals surface area contributed by atoms with Gasteiger partial charge in [-0.2, -0.15) is 0 Å². The van der Waals surface area contributed by atoms with Crippen LogP contribution in [0.3, 0.4) is 0 Å². The number of nitrogens with one attached hydrogen (secondary N) is 2. The van der Waals surface area contributed by atoms with Crippen molar-refractivity contribution in [3.05, 3.63) is 47.3 Å². The molecule has 1 aromatic carbocycles. The molecule has 1 aliphatic heterocycles. The predicted molar refractivity (Wildman–Crippen MR) is 119 cm³/mol. The van der Waals surface area contributed by atoms with Gasteiger partial charge in [-0.3, -0.25) is 4.98 Å². The molecule has 2 N–H and O–H groups in total. The van der Waals surface area contributed by atoms with Crippen LogP contribution in [0.15, 0.2) is 52.3 Å². The molecule has 0 amide bonds. The number of nitrogens with zero attached hydrogens (tertiary/aromatic N) is 4. The minimum atomic E-state index is 0.664. The Hall–Kier alpha value is -2.52. The van der Waals surface area contributed by atoms with Crippen LogP contribution in [0.1, 0.15) is 6.42 Å². The van der Waals surface area contributed by atoms with E-state index in [-0.39, 0.29) is 0 Å². The highest BCUT2D eigenvalue weighted by atomic mass is 32.1. The van der Waals surface area contributed by atoms with Gasteiger partial charge in [0.1, 0.15) is 16.4 Å². The van der Waals surface area contributed by atoms with Gasteiger partial charge in [0.25, 0.3) is 0 Å². The lowest BCUT2D eigenvalue weighted by Gasteiger charge is -2.11. The minimum absolute atomic E-state index is 0.664. The van der Waals surface area contributed by atoms with Crippen molar-refractivity contribution in [1.82, 2.24) is 25.6 Å². The highest BCUT2D eigenvalue weighted by molar-refractivity contribution is 7.14. The second kappa shape index (κ2) is 9.11. The molecule has 142 valence electrons. The van der Waals surface area contributed by atoms with Crippen LogP contribution in [0.4, 0.5) is 5.13 Å². The Bertz CT molecular complexity index is 1060. The van der Waals surface area contributed by atoms with E-state index in [1.165, 1.54) is 30.8 Å². The molecule has 4 heterocycles. The van der Waals surface area contributed by atoms with Crippen LogP contribution in [0, 0.1) is 0 Å². The Morgan fingerprint density at radius 2 is 1.79 bits per heavy atom. The number of pyridine rings is 1. The number of thiazole rings is 2. The molecule has 0 bridgehead atoms. The van der Waals surface area contributed by atoms with Gasteiger partial charge in [0, 0.05) is 34.6 Å². The maximum atomic E-state index is 4.67. The maximum Gasteiger partial charge on any atom is 0.209 e. The number of rotatable bonds is 3. The molecule has 6 nitrogen and oxygen atoms in total. The Kier molecular flexibility index (Phi) is 6.13. The van der Waals surface area contributed by atoms with E-state index in [9.17, 15) is 0 Å². The van der Waals surface area contributed by atoms with Crippen molar-refractivity contribution < 1.29 is 0 Å². The molecule has 1 aliphatic rings. The van der Waals surface area contributed by atoms with Gasteiger partial charge in [-0.05, 0) is 38.4 Å². The third-order valence-electron chi connectivity index (χ3n) is 4.19. The van der Waals surface area contributed by atoms with Gasteiger partial charge in [0.05, 0.1) is 5.52 Å². The summed E-state index contributed by atoms with van der Waals surface area (Å²) >= 11 is 3.05. The molecular formula is C20H20N6S2. The Labute approximate surface area is 171 Å². The van der Waals surface area contributed by atoms with Crippen molar-refractivity contribution in [1.29, 1.82) is 0 Å². The topological polar surface area (TPSA) is 75.1 Å². The van der Waals surface area contributed by atoms with Gasteiger partial charge in [-0.1, -0.05) is 18.2 Å². The summed E-state index contributed by atoms with van der Waals surface area (Å²) in [6, 6.07) is 10.2. The van der Waals surface area contributed by atoms with Gasteiger partial charge in [-0.25, -0.2) is 15.0 Å². The summed E-state index contributed by atoms with van der Waals surface area (Å²) < 4.78 is 0.